The summed E-state index contributed by atoms with van der Waals surface area (Å²) < 4.78 is 0. The van der Waals surface area contributed by atoms with Gasteiger partial charge in [-0.1, -0.05) is 18.9 Å². The van der Waals surface area contributed by atoms with Crippen molar-refractivity contribution in [3.8, 4) is 5.75 Å². The third kappa shape index (κ3) is 2.62. The lowest BCUT2D eigenvalue weighted by molar-refractivity contribution is -0.0969. The Morgan fingerprint density at radius 2 is 2.04 bits per heavy atom. The van der Waals surface area contributed by atoms with Gasteiger partial charge in [0.15, 0.2) is 0 Å². The molecule has 2 unspecified atom stereocenters. The van der Waals surface area contributed by atoms with Crippen LogP contribution in [-0.2, 0) is 11.8 Å². The summed E-state index contributed by atoms with van der Waals surface area (Å²) >= 11 is 0. The van der Waals surface area contributed by atoms with Crippen molar-refractivity contribution in [2.24, 2.45) is 11.8 Å². The first-order valence-electron chi connectivity index (χ1n) is 10.7. The summed E-state index contributed by atoms with van der Waals surface area (Å²) in [5, 5.41) is 21.1. The second kappa shape index (κ2) is 5.72. The SMILES string of the molecule is CC(CC1CC1)N1CC[C@]23CC(C)(O)CC[C@H]2[C@H]1Cc1ccc(O)cc13. The van der Waals surface area contributed by atoms with E-state index in [9.17, 15) is 10.2 Å². The summed E-state index contributed by atoms with van der Waals surface area (Å²) in [7, 11) is 0. The highest BCUT2D eigenvalue weighted by Crippen LogP contribution is 2.58. The Kier molecular flexibility index (Phi) is 3.75. The molecule has 2 saturated carbocycles. The van der Waals surface area contributed by atoms with Gasteiger partial charge in [0.25, 0.3) is 0 Å². The maximum atomic E-state index is 10.9. The molecular formula is C23H33NO2. The van der Waals surface area contributed by atoms with Crippen LogP contribution in [0, 0.1) is 11.8 Å². The topological polar surface area (TPSA) is 43.7 Å². The Morgan fingerprint density at radius 3 is 2.81 bits per heavy atom. The van der Waals surface area contributed by atoms with Gasteiger partial charge in [-0.15, -0.1) is 0 Å². The van der Waals surface area contributed by atoms with Crippen LogP contribution in [0.25, 0.3) is 0 Å². The molecule has 26 heavy (non-hydrogen) atoms. The number of hydrogen-bond donors (Lipinski definition) is 2. The number of hydrogen-bond acceptors (Lipinski definition) is 3. The molecule has 3 aliphatic carbocycles. The van der Waals surface area contributed by atoms with Gasteiger partial charge in [-0.3, -0.25) is 4.90 Å². The van der Waals surface area contributed by atoms with Gasteiger partial charge in [-0.05, 0) is 94.0 Å². The highest BCUT2D eigenvalue weighted by molar-refractivity contribution is 5.45. The molecular weight excluding hydrogens is 322 g/mol. The van der Waals surface area contributed by atoms with E-state index in [1.807, 2.05) is 19.1 Å². The minimum atomic E-state index is -0.580. The molecule has 142 valence electrons. The fraction of sp³-hybridized carbons (Fsp3) is 0.739. The van der Waals surface area contributed by atoms with Crippen LogP contribution in [0.15, 0.2) is 18.2 Å². The minimum absolute atomic E-state index is 0.0501. The molecule has 3 fully saturated rings. The number of piperidine rings is 1. The van der Waals surface area contributed by atoms with Gasteiger partial charge in [0.05, 0.1) is 5.60 Å². The first kappa shape index (κ1) is 17.1. The normalized spacial score (nSPS) is 40.6. The Balaban J connectivity index is 1.55. The Bertz CT molecular complexity index is 710. The van der Waals surface area contributed by atoms with Crippen molar-refractivity contribution in [1.29, 1.82) is 0 Å². The number of phenolic OH excluding ortho intramolecular Hbond substituents is 1. The van der Waals surface area contributed by atoms with Gasteiger partial charge in [-0.2, -0.15) is 0 Å². The van der Waals surface area contributed by atoms with Crippen LogP contribution in [0.3, 0.4) is 0 Å². The maximum Gasteiger partial charge on any atom is 0.115 e. The van der Waals surface area contributed by atoms with Crippen LogP contribution >= 0.6 is 0 Å². The van der Waals surface area contributed by atoms with Gasteiger partial charge in [0.2, 0.25) is 0 Å². The second-order valence-corrected chi connectivity index (χ2v) is 10.1. The van der Waals surface area contributed by atoms with E-state index in [2.05, 4.69) is 17.9 Å². The zero-order valence-corrected chi connectivity index (χ0v) is 16.2. The molecule has 4 aliphatic rings. The number of fused-ring (bicyclic) bond motifs is 1. The fourth-order valence-electron chi connectivity index (χ4n) is 6.84. The lowest BCUT2D eigenvalue weighted by Gasteiger charge is -2.62. The lowest BCUT2D eigenvalue weighted by atomic mass is 9.50. The predicted octanol–water partition coefficient (Wildman–Crippen LogP) is 4.00. The molecule has 0 spiro atoms. The van der Waals surface area contributed by atoms with E-state index in [0.29, 0.717) is 23.8 Å². The summed E-state index contributed by atoms with van der Waals surface area (Å²) in [6.07, 6.45) is 9.32. The smallest absolute Gasteiger partial charge is 0.115 e. The van der Waals surface area contributed by atoms with E-state index < -0.39 is 5.60 Å². The van der Waals surface area contributed by atoms with Gasteiger partial charge in [0, 0.05) is 17.5 Å². The summed E-state index contributed by atoms with van der Waals surface area (Å²) in [4.78, 5) is 2.82. The number of aromatic hydroxyl groups is 1. The van der Waals surface area contributed by atoms with E-state index in [1.54, 1.807) is 0 Å². The molecule has 0 amide bonds. The fourth-order valence-corrected chi connectivity index (χ4v) is 6.84. The van der Waals surface area contributed by atoms with E-state index in [0.717, 1.165) is 44.6 Å². The van der Waals surface area contributed by atoms with Crippen molar-refractivity contribution in [1.82, 2.24) is 4.90 Å². The predicted molar refractivity (Wildman–Crippen MR) is 103 cm³/mol. The first-order chi connectivity index (χ1) is 12.4. The molecule has 1 aromatic rings. The third-order valence-electron chi connectivity index (χ3n) is 8.10. The zero-order chi connectivity index (χ0) is 18.1. The van der Waals surface area contributed by atoms with Crippen LogP contribution in [0.2, 0.25) is 0 Å². The molecule has 1 aliphatic heterocycles. The highest BCUT2D eigenvalue weighted by atomic mass is 16.3. The Hall–Kier alpha value is -1.06. The third-order valence-corrected chi connectivity index (χ3v) is 8.10. The number of nitrogens with zero attached hydrogens (tertiary/aromatic N) is 1. The van der Waals surface area contributed by atoms with Crippen molar-refractivity contribution >= 4 is 0 Å². The van der Waals surface area contributed by atoms with Crippen molar-refractivity contribution < 1.29 is 10.2 Å². The van der Waals surface area contributed by atoms with Gasteiger partial charge in [-0.25, -0.2) is 0 Å². The summed E-state index contributed by atoms with van der Waals surface area (Å²) in [5.41, 5.74) is 2.22. The molecule has 2 bridgehead atoms. The molecule has 1 heterocycles. The second-order valence-electron chi connectivity index (χ2n) is 10.1. The molecule has 1 saturated heterocycles. The molecule has 0 aromatic heterocycles. The van der Waals surface area contributed by atoms with Crippen LogP contribution in [-0.4, -0.2) is 39.3 Å². The quantitative estimate of drug-likeness (QED) is 0.861. The van der Waals surface area contributed by atoms with E-state index in [-0.39, 0.29) is 5.41 Å². The summed E-state index contributed by atoms with van der Waals surface area (Å²) in [6.45, 7) is 5.60. The number of likely N-dealkylation sites (tertiary alicyclic amines) is 1. The van der Waals surface area contributed by atoms with Crippen LogP contribution < -0.4 is 0 Å². The minimum Gasteiger partial charge on any atom is -0.508 e. The van der Waals surface area contributed by atoms with Crippen molar-refractivity contribution in [2.45, 2.75) is 88.3 Å². The van der Waals surface area contributed by atoms with Gasteiger partial charge < -0.3 is 10.2 Å². The maximum absolute atomic E-state index is 10.9. The molecule has 5 atom stereocenters. The number of aliphatic hydroxyl groups is 1. The monoisotopic (exact) mass is 355 g/mol. The standard InChI is InChI=1S/C23H33NO2/c1-15(11-16-3-4-16)24-10-9-23-14-22(2,26)8-7-19(23)21(24)12-17-5-6-18(25)13-20(17)23/h5-6,13,15-16,19,21,25-26H,3-4,7-12,14H2,1-2H3/t15?,19-,21+,22?,23-/m0/s1. The summed E-state index contributed by atoms with van der Waals surface area (Å²) in [6, 6.07) is 7.29. The van der Waals surface area contributed by atoms with Crippen molar-refractivity contribution in [2.75, 3.05) is 6.54 Å². The van der Waals surface area contributed by atoms with E-state index in [4.69, 9.17) is 0 Å². The Morgan fingerprint density at radius 1 is 1.23 bits per heavy atom. The molecule has 3 nitrogen and oxygen atoms in total. The van der Waals surface area contributed by atoms with Gasteiger partial charge in [0.1, 0.15) is 5.75 Å². The van der Waals surface area contributed by atoms with E-state index in [1.165, 1.54) is 30.4 Å². The number of phenols is 1. The van der Waals surface area contributed by atoms with Crippen LogP contribution in [0.4, 0.5) is 0 Å². The van der Waals surface area contributed by atoms with Crippen molar-refractivity contribution in [3.63, 3.8) is 0 Å². The zero-order valence-electron chi connectivity index (χ0n) is 16.2. The first-order valence-corrected chi connectivity index (χ1v) is 10.7. The van der Waals surface area contributed by atoms with Crippen LogP contribution in [0.1, 0.15) is 69.9 Å². The van der Waals surface area contributed by atoms with Crippen LogP contribution in [0.5, 0.6) is 5.75 Å². The largest absolute Gasteiger partial charge is 0.508 e. The average molecular weight is 356 g/mol. The number of benzene rings is 1. The van der Waals surface area contributed by atoms with E-state index >= 15 is 0 Å². The van der Waals surface area contributed by atoms with Crippen molar-refractivity contribution in [3.05, 3.63) is 29.3 Å². The molecule has 0 radical (unpaired) electrons. The number of rotatable bonds is 3. The lowest BCUT2D eigenvalue weighted by Crippen LogP contribution is -2.65. The molecule has 5 rings (SSSR count). The highest BCUT2D eigenvalue weighted by Gasteiger charge is 2.58. The molecule has 1 aromatic carbocycles. The Labute approximate surface area is 157 Å². The summed E-state index contributed by atoms with van der Waals surface area (Å²) in [5.74, 6) is 1.97. The molecule has 2 N–H and O–H groups in total. The average Bonchev–Trinajstić information content (AvgIpc) is 3.38. The molecule has 3 heteroatoms. The van der Waals surface area contributed by atoms with Gasteiger partial charge >= 0.3 is 0 Å².